The summed E-state index contributed by atoms with van der Waals surface area (Å²) in [6.45, 7) is 1.94. The van der Waals surface area contributed by atoms with Crippen molar-refractivity contribution in [1.82, 2.24) is 19.7 Å². The lowest BCUT2D eigenvalue weighted by molar-refractivity contribution is -0.133. The van der Waals surface area contributed by atoms with Gasteiger partial charge in [-0.15, -0.1) is 10.2 Å². The van der Waals surface area contributed by atoms with Crippen LogP contribution in [0, 0.1) is 17.8 Å². The zero-order valence-corrected chi connectivity index (χ0v) is 15.2. The van der Waals surface area contributed by atoms with Crippen molar-refractivity contribution in [3.63, 3.8) is 0 Å². The van der Waals surface area contributed by atoms with Gasteiger partial charge in [0, 0.05) is 25.9 Å². The molecular formula is C20H30N4O. The first-order valence-electron chi connectivity index (χ1n) is 10.5. The number of aromatic nitrogens is 3. The lowest BCUT2D eigenvalue weighted by Gasteiger charge is -2.28. The number of amides is 1. The lowest BCUT2D eigenvalue weighted by Crippen LogP contribution is -2.34. The van der Waals surface area contributed by atoms with Crippen molar-refractivity contribution < 1.29 is 4.79 Å². The average Bonchev–Trinajstić information content (AvgIpc) is 3.37. The van der Waals surface area contributed by atoms with Crippen LogP contribution in [0.3, 0.4) is 0 Å². The smallest absolute Gasteiger partial charge is 0.223 e. The van der Waals surface area contributed by atoms with Crippen LogP contribution in [-0.4, -0.2) is 32.1 Å². The van der Waals surface area contributed by atoms with Crippen LogP contribution >= 0.6 is 0 Å². The Morgan fingerprint density at radius 1 is 1.00 bits per heavy atom. The molecule has 2 saturated carbocycles. The van der Waals surface area contributed by atoms with Crippen molar-refractivity contribution in [1.29, 1.82) is 0 Å². The highest BCUT2D eigenvalue weighted by atomic mass is 16.2. The zero-order chi connectivity index (χ0) is 16.8. The molecular weight excluding hydrogens is 312 g/mol. The minimum atomic E-state index is 0.172. The SMILES string of the molecule is O=C(C[C@@H]1C[C@H]2CC[C@H]1C2)N1CCC[C@@H]1c1nnc2n1CCCCC2. The van der Waals surface area contributed by atoms with Crippen molar-refractivity contribution >= 4 is 5.91 Å². The quantitative estimate of drug-likeness (QED) is 0.845. The highest BCUT2D eigenvalue weighted by molar-refractivity contribution is 5.77. The van der Waals surface area contributed by atoms with E-state index < -0.39 is 0 Å². The van der Waals surface area contributed by atoms with Gasteiger partial charge in [-0.2, -0.15) is 0 Å². The number of hydrogen-bond donors (Lipinski definition) is 0. The molecule has 1 aromatic rings. The summed E-state index contributed by atoms with van der Waals surface area (Å²) in [5.74, 6) is 4.99. The number of likely N-dealkylation sites (tertiary alicyclic amines) is 1. The van der Waals surface area contributed by atoms with Crippen molar-refractivity contribution in [2.24, 2.45) is 17.8 Å². The normalized spacial score (nSPS) is 34.3. The van der Waals surface area contributed by atoms with Crippen molar-refractivity contribution in [3.05, 3.63) is 11.6 Å². The molecule has 4 aliphatic rings. The number of carbonyl (C=O) groups is 1. The van der Waals surface area contributed by atoms with E-state index in [1.54, 1.807) is 0 Å². The second-order valence-corrected chi connectivity index (χ2v) is 8.82. The Hall–Kier alpha value is -1.39. The molecule has 0 aromatic carbocycles. The molecule has 0 spiro atoms. The Labute approximate surface area is 150 Å². The highest BCUT2D eigenvalue weighted by Gasteiger charge is 2.42. The zero-order valence-electron chi connectivity index (χ0n) is 15.2. The second-order valence-electron chi connectivity index (χ2n) is 8.82. The molecule has 3 heterocycles. The van der Waals surface area contributed by atoms with Gasteiger partial charge >= 0.3 is 0 Å². The van der Waals surface area contributed by atoms with Crippen LogP contribution in [-0.2, 0) is 17.8 Å². The van der Waals surface area contributed by atoms with Gasteiger partial charge in [-0.3, -0.25) is 4.79 Å². The predicted octanol–water partition coefficient (Wildman–Crippen LogP) is 3.49. The van der Waals surface area contributed by atoms with Crippen LogP contribution in [0.4, 0.5) is 0 Å². The molecule has 0 radical (unpaired) electrons. The van der Waals surface area contributed by atoms with E-state index >= 15 is 0 Å². The maximum atomic E-state index is 13.1. The molecule has 2 bridgehead atoms. The Kier molecular flexibility index (Phi) is 4.05. The van der Waals surface area contributed by atoms with Crippen molar-refractivity contribution in [3.8, 4) is 0 Å². The molecule has 2 aliphatic carbocycles. The van der Waals surface area contributed by atoms with E-state index in [-0.39, 0.29) is 6.04 Å². The first-order chi connectivity index (χ1) is 12.3. The molecule has 1 amide bonds. The maximum absolute atomic E-state index is 13.1. The van der Waals surface area contributed by atoms with E-state index in [1.165, 1.54) is 44.9 Å². The number of fused-ring (bicyclic) bond motifs is 3. The highest BCUT2D eigenvalue weighted by Crippen LogP contribution is 2.50. The Morgan fingerprint density at radius 3 is 2.80 bits per heavy atom. The molecule has 2 aliphatic heterocycles. The fraction of sp³-hybridized carbons (Fsp3) is 0.850. The Bertz CT molecular complexity index is 654. The predicted molar refractivity (Wildman–Crippen MR) is 94.8 cm³/mol. The molecule has 1 aromatic heterocycles. The summed E-state index contributed by atoms with van der Waals surface area (Å²) in [6, 6.07) is 0.172. The molecule has 5 nitrogen and oxygen atoms in total. The van der Waals surface area contributed by atoms with E-state index in [0.717, 1.165) is 62.3 Å². The van der Waals surface area contributed by atoms with Gasteiger partial charge < -0.3 is 9.47 Å². The number of carbonyl (C=O) groups excluding carboxylic acids is 1. The van der Waals surface area contributed by atoms with Crippen LogP contribution in [0.25, 0.3) is 0 Å². The maximum Gasteiger partial charge on any atom is 0.223 e. The average molecular weight is 342 g/mol. The summed E-state index contributed by atoms with van der Waals surface area (Å²) in [5, 5.41) is 9.01. The summed E-state index contributed by atoms with van der Waals surface area (Å²) in [7, 11) is 0. The number of hydrogen-bond acceptors (Lipinski definition) is 3. The summed E-state index contributed by atoms with van der Waals surface area (Å²) < 4.78 is 2.33. The van der Waals surface area contributed by atoms with E-state index in [1.807, 2.05) is 0 Å². The largest absolute Gasteiger partial charge is 0.332 e. The van der Waals surface area contributed by atoms with Crippen LogP contribution < -0.4 is 0 Å². The summed E-state index contributed by atoms with van der Waals surface area (Å²) in [5.41, 5.74) is 0. The van der Waals surface area contributed by atoms with Gasteiger partial charge in [0.2, 0.25) is 5.91 Å². The monoisotopic (exact) mass is 342 g/mol. The van der Waals surface area contributed by atoms with E-state index in [0.29, 0.717) is 11.8 Å². The number of aryl methyl sites for hydroxylation is 1. The third kappa shape index (κ3) is 2.80. The topological polar surface area (TPSA) is 51.0 Å². The Morgan fingerprint density at radius 2 is 1.96 bits per heavy atom. The molecule has 4 atom stereocenters. The summed E-state index contributed by atoms with van der Waals surface area (Å²) in [6.07, 6.45) is 13.2. The van der Waals surface area contributed by atoms with E-state index in [9.17, 15) is 4.79 Å². The minimum Gasteiger partial charge on any atom is -0.332 e. The standard InChI is InChI=1S/C20H30N4O/c25-19(13-16-12-14-7-8-15(16)11-14)23-10-4-5-17(23)20-22-21-18-6-2-1-3-9-24(18)20/h14-17H,1-13H2/t14-,15-,16-,17+/m0/s1. The van der Waals surface area contributed by atoms with Crippen LogP contribution in [0.1, 0.15) is 81.9 Å². The fourth-order valence-corrected chi connectivity index (χ4v) is 6.06. The summed E-state index contributed by atoms with van der Waals surface area (Å²) >= 11 is 0. The first-order valence-corrected chi connectivity index (χ1v) is 10.5. The van der Waals surface area contributed by atoms with Gasteiger partial charge in [-0.25, -0.2) is 0 Å². The van der Waals surface area contributed by atoms with Gasteiger partial charge in [0.25, 0.3) is 0 Å². The molecule has 1 saturated heterocycles. The Balaban J connectivity index is 1.32. The fourth-order valence-electron chi connectivity index (χ4n) is 6.06. The molecule has 3 fully saturated rings. The van der Waals surface area contributed by atoms with Gasteiger partial charge in [-0.1, -0.05) is 12.8 Å². The van der Waals surface area contributed by atoms with Crippen LogP contribution in [0.15, 0.2) is 0 Å². The lowest BCUT2D eigenvalue weighted by atomic mass is 9.86. The minimum absolute atomic E-state index is 0.172. The molecule has 5 rings (SSSR count). The molecule has 0 unspecified atom stereocenters. The third-order valence-electron chi connectivity index (χ3n) is 7.33. The van der Waals surface area contributed by atoms with Gasteiger partial charge in [0.05, 0.1) is 6.04 Å². The first kappa shape index (κ1) is 15.8. The second kappa shape index (κ2) is 6.40. The van der Waals surface area contributed by atoms with Crippen molar-refractivity contribution in [2.45, 2.75) is 83.2 Å². The van der Waals surface area contributed by atoms with E-state index in [4.69, 9.17) is 0 Å². The van der Waals surface area contributed by atoms with Crippen LogP contribution in [0.5, 0.6) is 0 Å². The molecule has 136 valence electrons. The molecule has 25 heavy (non-hydrogen) atoms. The van der Waals surface area contributed by atoms with Crippen LogP contribution in [0.2, 0.25) is 0 Å². The number of rotatable bonds is 3. The van der Waals surface area contributed by atoms with Gasteiger partial charge in [0.1, 0.15) is 5.82 Å². The summed E-state index contributed by atoms with van der Waals surface area (Å²) in [4.78, 5) is 15.2. The van der Waals surface area contributed by atoms with Gasteiger partial charge in [-0.05, 0) is 62.7 Å². The number of nitrogens with zero attached hydrogens (tertiary/aromatic N) is 4. The van der Waals surface area contributed by atoms with E-state index in [2.05, 4.69) is 19.7 Å². The third-order valence-corrected chi connectivity index (χ3v) is 7.33. The van der Waals surface area contributed by atoms with Gasteiger partial charge in [0.15, 0.2) is 5.82 Å². The molecule has 0 N–H and O–H groups in total. The molecule has 5 heteroatoms. The van der Waals surface area contributed by atoms with Crippen molar-refractivity contribution in [2.75, 3.05) is 6.54 Å².